The highest BCUT2D eigenvalue weighted by Gasteiger charge is 2.13. The molecule has 2 heterocycles. The van der Waals surface area contributed by atoms with Crippen LogP contribution < -0.4 is 5.32 Å². The predicted octanol–water partition coefficient (Wildman–Crippen LogP) is 8.94. The van der Waals surface area contributed by atoms with Crippen molar-refractivity contribution in [2.75, 3.05) is 5.32 Å². The summed E-state index contributed by atoms with van der Waals surface area (Å²) in [7, 11) is 0. The van der Waals surface area contributed by atoms with Crippen LogP contribution in [0.5, 0.6) is 0 Å². The molecule has 5 aromatic rings. The van der Waals surface area contributed by atoms with Gasteiger partial charge in [0.15, 0.2) is 0 Å². The van der Waals surface area contributed by atoms with Gasteiger partial charge in [0.2, 0.25) is 5.91 Å². The van der Waals surface area contributed by atoms with Crippen molar-refractivity contribution in [3.8, 4) is 21.9 Å². The number of hydrogen-bond acceptors (Lipinski definition) is 4. The van der Waals surface area contributed by atoms with E-state index in [1.807, 2.05) is 48.5 Å². The highest BCUT2D eigenvalue weighted by Crippen LogP contribution is 2.37. The first-order chi connectivity index (χ1) is 16.5. The molecule has 0 unspecified atom stereocenters. The number of fused-ring (bicyclic) bond motifs is 1. The van der Waals surface area contributed by atoms with Crippen LogP contribution in [0.1, 0.15) is 5.76 Å². The highest BCUT2D eigenvalue weighted by molar-refractivity contribution is 9.10. The smallest absolute Gasteiger partial charge is 0.248 e. The second kappa shape index (κ2) is 9.76. The van der Waals surface area contributed by atoms with Crippen LogP contribution >= 0.6 is 50.5 Å². The van der Waals surface area contributed by atoms with Gasteiger partial charge in [0, 0.05) is 21.7 Å². The number of rotatable bonds is 5. The zero-order chi connectivity index (χ0) is 23.7. The molecule has 0 radical (unpaired) electrons. The number of nitrogens with zero attached hydrogens (tertiary/aromatic N) is 1. The third-order valence-electron chi connectivity index (χ3n) is 5.01. The van der Waals surface area contributed by atoms with Crippen molar-refractivity contribution in [3.05, 3.63) is 99.2 Å². The van der Waals surface area contributed by atoms with Gasteiger partial charge in [-0.15, -0.1) is 11.3 Å². The molecule has 0 saturated carbocycles. The van der Waals surface area contributed by atoms with Gasteiger partial charge in [0.05, 0.1) is 25.9 Å². The summed E-state index contributed by atoms with van der Waals surface area (Å²) < 4.78 is 7.81. The first-order valence-electron chi connectivity index (χ1n) is 10.2. The summed E-state index contributed by atoms with van der Waals surface area (Å²) in [5.41, 5.74) is 3.12. The first-order valence-corrected chi connectivity index (χ1v) is 12.5. The van der Waals surface area contributed by atoms with Gasteiger partial charge in [-0.3, -0.25) is 4.79 Å². The first kappa shape index (κ1) is 22.9. The standard InChI is InChI=1S/C26H15BrCl2N2O2S/c27-15-8-11-20(18(14-15)26-31-21-6-1-2-7-23(21)34-26)30-24(32)13-10-16-9-12-22(33-16)17-4-3-5-19(28)25(17)29/h1-14H,(H,30,32). The Kier molecular flexibility index (Phi) is 6.57. The van der Waals surface area contributed by atoms with E-state index in [1.165, 1.54) is 6.08 Å². The van der Waals surface area contributed by atoms with Gasteiger partial charge in [-0.05, 0) is 60.7 Å². The van der Waals surface area contributed by atoms with E-state index in [0.717, 1.165) is 25.3 Å². The Bertz CT molecular complexity index is 1520. The van der Waals surface area contributed by atoms with Crippen LogP contribution in [0, 0.1) is 0 Å². The number of halogens is 3. The van der Waals surface area contributed by atoms with Gasteiger partial charge in [-0.25, -0.2) is 4.98 Å². The van der Waals surface area contributed by atoms with E-state index in [9.17, 15) is 4.79 Å². The SMILES string of the molecule is O=C(C=Cc1ccc(-c2cccc(Cl)c2Cl)o1)Nc1ccc(Br)cc1-c1nc2ccccc2s1. The molecule has 168 valence electrons. The van der Waals surface area contributed by atoms with Crippen LogP contribution in [0.4, 0.5) is 5.69 Å². The number of amides is 1. The molecular weight excluding hydrogens is 555 g/mol. The number of hydrogen-bond donors (Lipinski definition) is 1. The van der Waals surface area contributed by atoms with Crippen LogP contribution in [-0.2, 0) is 4.79 Å². The molecule has 4 nitrogen and oxygen atoms in total. The Labute approximate surface area is 218 Å². The Morgan fingerprint density at radius 1 is 1.00 bits per heavy atom. The number of aromatic nitrogens is 1. The van der Waals surface area contributed by atoms with E-state index in [2.05, 4.69) is 21.2 Å². The summed E-state index contributed by atoms with van der Waals surface area (Å²) in [5.74, 6) is 0.797. The lowest BCUT2D eigenvalue weighted by atomic mass is 10.2. The molecule has 0 aliphatic carbocycles. The van der Waals surface area contributed by atoms with Crippen molar-refractivity contribution in [1.29, 1.82) is 0 Å². The fraction of sp³-hybridized carbons (Fsp3) is 0. The molecule has 8 heteroatoms. The van der Waals surface area contributed by atoms with Crippen molar-refractivity contribution in [2.45, 2.75) is 0 Å². The van der Waals surface area contributed by atoms with Crippen LogP contribution in [0.25, 0.3) is 38.2 Å². The molecule has 2 aromatic heterocycles. The monoisotopic (exact) mass is 568 g/mol. The molecule has 3 aromatic carbocycles. The van der Waals surface area contributed by atoms with Gasteiger partial charge in [0.1, 0.15) is 16.5 Å². The van der Waals surface area contributed by atoms with Gasteiger partial charge in [-0.2, -0.15) is 0 Å². The largest absolute Gasteiger partial charge is 0.457 e. The third kappa shape index (κ3) is 4.81. The average molecular weight is 570 g/mol. The maximum atomic E-state index is 12.7. The predicted molar refractivity (Wildman–Crippen MR) is 145 cm³/mol. The fourth-order valence-electron chi connectivity index (χ4n) is 3.40. The lowest BCUT2D eigenvalue weighted by molar-refractivity contribution is -0.111. The Morgan fingerprint density at radius 2 is 1.85 bits per heavy atom. The normalized spacial score (nSPS) is 11.4. The third-order valence-corrected chi connectivity index (χ3v) is 7.39. The van der Waals surface area contributed by atoms with Gasteiger partial charge < -0.3 is 9.73 Å². The van der Waals surface area contributed by atoms with Crippen LogP contribution in [0.3, 0.4) is 0 Å². The number of thiazole rings is 1. The van der Waals surface area contributed by atoms with Gasteiger partial charge >= 0.3 is 0 Å². The van der Waals surface area contributed by atoms with E-state index >= 15 is 0 Å². The van der Waals surface area contributed by atoms with E-state index in [1.54, 1.807) is 41.7 Å². The Hall–Kier alpha value is -2.90. The Balaban J connectivity index is 1.36. The van der Waals surface area contributed by atoms with Crippen LogP contribution in [-0.4, -0.2) is 10.9 Å². The molecule has 5 rings (SSSR count). The quantitative estimate of drug-likeness (QED) is 0.215. The maximum Gasteiger partial charge on any atom is 0.248 e. The van der Waals surface area contributed by atoms with Crippen molar-refractivity contribution in [2.24, 2.45) is 0 Å². The number of anilines is 1. The highest BCUT2D eigenvalue weighted by atomic mass is 79.9. The zero-order valence-corrected chi connectivity index (χ0v) is 21.3. The van der Waals surface area contributed by atoms with Crippen molar-refractivity contribution >= 4 is 78.4 Å². The zero-order valence-electron chi connectivity index (χ0n) is 17.4. The van der Waals surface area contributed by atoms with Crippen molar-refractivity contribution in [3.63, 3.8) is 0 Å². The number of benzene rings is 3. The number of carbonyl (C=O) groups excluding carboxylic acids is 1. The minimum Gasteiger partial charge on any atom is -0.457 e. The minimum atomic E-state index is -0.288. The molecule has 0 spiro atoms. The van der Waals surface area contributed by atoms with E-state index in [-0.39, 0.29) is 5.91 Å². The molecule has 1 N–H and O–H groups in total. The summed E-state index contributed by atoms with van der Waals surface area (Å²) in [5, 5.41) is 4.65. The molecular formula is C26H15BrCl2N2O2S. The van der Waals surface area contributed by atoms with Crippen LogP contribution in [0.15, 0.2) is 87.8 Å². The number of carbonyl (C=O) groups is 1. The molecule has 34 heavy (non-hydrogen) atoms. The summed E-state index contributed by atoms with van der Waals surface area (Å²) in [6, 6.07) is 22.5. The Morgan fingerprint density at radius 3 is 2.71 bits per heavy atom. The number of para-hydroxylation sites is 1. The van der Waals surface area contributed by atoms with Gasteiger partial charge in [0.25, 0.3) is 0 Å². The maximum absolute atomic E-state index is 12.7. The molecule has 0 saturated heterocycles. The minimum absolute atomic E-state index is 0.288. The molecule has 0 aliphatic rings. The van der Waals surface area contributed by atoms with E-state index in [4.69, 9.17) is 32.6 Å². The lowest BCUT2D eigenvalue weighted by Crippen LogP contribution is -2.08. The summed E-state index contributed by atoms with van der Waals surface area (Å²) in [6.07, 6.45) is 3.03. The number of nitrogens with one attached hydrogen (secondary N) is 1. The lowest BCUT2D eigenvalue weighted by Gasteiger charge is -2.08. The molecule has 0 fully saturated rings. The average Bonchev–Trinajstić information content (AvgIpc) is 3.48. The summed E-state index contributed by atoms with van der Waals surface area (Å²) in [4.78, 5) is 17.4. The van der Waals surface area contributed by atoms with Gasteiger partial charge in [-0.1, -0.05) is 57.3 Å². The molecule has 0 atom stereocenters. The number of furan rings is 1. The van der Waals surface area contributed by atoms with E-state index < -0.39 is 0 Å². The van der Waals surface area contributed by atoms with Crippen molar-refractivity contribution in [1.82, 2.24) is 4.98 Å². The summed E-state index contributed by atoms with van der Waals surface area (Å²) in [6.45, 7) is 0. The molecule has 1 amide bonds. The van der Waals surface area contributed by atoms with Crippen LogP contribution in [0.2, 0.25) is 10.0 Å². The van der Waals surface area contributed by atoms with Crippen molar-refractivity contribution < 1.29 is 9.21 Å². The second-order valence-electron chi connectivity index (χ2n) is 7.30. The molecule has 0 bridgehead atoms. The molecule has 0 aliphatic heterocycles. The van der Waals surface area contributed by atoms with E-state index in [0.29, 0.717) is 32.8 Å². The topological polar surface area (TPSA) is 55.1 Å². The second-order valence-corrected chi connectivity index (χ2v) is 10.0. The fourth-order valence-corrected chi connectivity index (χ4v) is 5.15. The summed E-state index contributed by atoms with van der Waals surface area (Å²) >= 11 is 17.5.